The summed E-state index contributed by atoms with van der Waals surface area (Å²) < 4.78 is 5.08. The Morgan fingerprint density at radius 2 is 2.38 bits per heavy atom. The molecule has 0 N–H and O–H groups in total. The van der Waals surface area contributed by atoms with Crippen LogP contribution in [0.4, 0.5) is 0 Å². The molecule has 2 aliphatic rings. The fraction of sp³-hybridized carbons (Fsp3) is 0.222. The van der Waals surface area contributed by atoms with Gasteiger partial charge in [-0.25, -0.2) is 9.98 Å². The lowest BCUT2D eigenvalue weighted by Gasteiger charge is -2.18. The average molecular weight is 192 g/mol. The molecule has 3 nitrogen and oxygen atoms in total. The molecule has 4 heteroatoms. The first-order valence-electron chi connectivity index (χ1n) is 3.89. The second-order valence-electron chi connectivity index (χ2n) is 2.72. The number of nitrogens with zero attached hydrogens (tertiary/aromatic N) is 2. The summed E-state index contributed by atoms with van der Waals surface area (Å²) in [6.07, 6.45) is 7.20. The zero-order valence-electron chi connectivity index (χ0n) is 7.10. The van der Waals surface area contributed by atoms with E-state index in [9.17, 15) is 0 Å². The van der Waals surface area contributed by atoms with Crippen LogP contribution in [0.5, 0.6) is 0 Å². The van der Waals surface area contributed by atoms with Crippen molar-refractivity contribution in [3.63, 3.8) is 0 Å². The summed E-state index contributed by atoms with van der Waals surface area (Å²) in [4.78, 5) is 8.75. The topological polar surface area (TPSA) is 34.0 Å². The summed E-state index contributed by atoms with van der Waals surface area (Å²) in [6, 6.07) is 0. The minimum atomic E-state index is 0.0545. The Kier molecular flexibility index (Phi) is 2.06. The molecule has 0 saturated heterocycles. The fourth-order valence-electron chi connectivity index (χ4n) is 1.26. The lowest BCUT2D eigenvalue weighted by molar-refractivity contribution is 0.306. The van der Waals surface area contributed by atoms with Gasteiger partial charge in [-0.3, -0.25) is 0 Å². The van der Waals surface area contributed by atoms with Crippen LogP contribution in [0, 0.1) is 5.92 Å². The van der Waals surface area contributed by atoms with Gasteiger partial charge in [-0.15, -0.1) is 0 Å². The van der Waals surface area contributed by atoms with E-state index in [0.717, 1.165) is 11.5 Å². The highest BCUT2D eigenvalue weighted by Gasteiger charge is 2.21. The Bertz CT molecular complexity index is 366. The van der Waals surface area contributed by atoms with Crippen molar-refractivity contribution in [2.75, 3.05) is 7.11 Å². The van der Waals surface area contributed by atoms with Crippen LogP contribution in [0.2, 0.25) is 0 Å². The molecule has 1 aliphatic carbocycles. The number of ether oxygens (including phenoxy) is 1. The lowest BCUT2D eigenvalue weighted by Crippen LogP contribution is -2.23. The van der Waals surface area contributed by atoms with E-state index in [1.165, 1.54) is 6.34 Å². The first-order valence-corrected chi connectivity index (χ1v) is 4.30. The number of rotatable bonds is 1. The Morgan fingerprint density at radius 3 is 3.15 bits per heavy atom. The standard InChI is InChI=1S/C9H8N2OS/c1-12-6-2-3-7-8(4-6)10-5-11-9(7)13/h2-5,7H,1H3. The third-order valence-corrected chi connectivity index (χ3v) is 2.31. The van der Waals surface area contributed by atoms with Crippen LogP contribution in [-0.4, -0.2) is 24.1 Å². The molecule has 0 aromatic rings. The van der Waals surface area contributed by atoms with Gasteiger partial charge in [-0.05, 0) is 6.08 Å². The maximum absolute atomic E-state index is 5.08. The fourth-order valence-corrected chi connectivity index (χ4v) is 1.51. The highest BCUT2D eigenvalue weighted by Crippen LogP contribution is 2.19. The molecule has 1 atom stereocenters. The first-order chi connectivity index (χ1) is 6.31. The molecule has 1 heterocycles. The summed E-state index contributed by atoms with van der Waals surface area (Å²) in [6.45, 7) is 0. The van der Waals surface area contributed by atoms with Gasteiger partial charge < -0.3 is 4.74 Å². The minimum absolute atomic E-state index is 0.0545. The Balaban J connectivity index is 2.36. The Hall–Kier alpha value is -1.29. The molecule has 2 rings (SSSR count). The van der Waals surface area contributed by atoms with E-state index < -0.39 is 0 Å². The molecule has 0 amide bonds. The van der Waals surface area contributed by atoms with Crippen LogP contribution in [0.1, 0.15) is 0 Å². The molecular weight excluding hydrogens is 184 g/mol. The number of fused-ring (bicyclic) bond motifs is 1. The van der Waals surface area contributed by atoms with E-state index in [-0.39, 0.29) is 5.92 Å². The largest absolute Gasteiger partial charge is 0.497 e. The van der Waals surface area contributed by atoms with E-state index in [1.807, 2.05) is 18.2 Å². The van der Waals surface area contributed by atoms with Crippen molar-refractivity contribution < 1.29 is 4.74 Å². The Morgan fingerprint density at radius 1 is 1.54 bits per heavy atom. The van der Waals surface area contributed by atoms with E-state index in [1.54, 1.807) is 7.11 Å². The SMILES string of the molecule is COC1=CC2=NC=NC(=S)C2C=C1. The highest BCUT2D eigenvalue weighted by atomic mass is 32.1. The summed E-state index contributed by atoms with van der Waals surface area (Å²) in [5.41, 5.74) is 0.902. The number of methoxy groups -OCH3 is 1. The molecule has 13 heavy (non-hydrogen) atoms. The first kappa shape index (κ1) is 8.31. The number of allylic oxidation sites excluding steroid dienone is 2. The van der Waals surface area contributed by atoms with Crippen molar-refractivity contribution >= 4 is 29.3 Å². The Labute approximate surface area is 81.5 Å². The smallest absolute Gasteiger partial charge is 0.120 e. The summed E-state index contributed by atoms with van der Waals surface area (Å²) >= 11 is 5.08. The maximum Gasteiger partial charge on any atom is 0.120 e. The van der Waals surface area contributed by atoms with E-state index in [0.29, 0.717) is 4.99 Å². The molecule has 0 radical (unpaired) electrons. The van der Waals surface area contributed by atoms with Crippen molar-refractivity contribution in [3.05, 3.63) is 24.0 Å². The summed E-state index contributed by atoms with van der Waals surface area (Å²) in [5, 5.41) is 0. The highest BCUT2D eigenvalue weighted by molar-refractivity contribution is 7.80. The van der Waals surface area contributed by atoms with Crippen molar-refractivity contribution in [2.45, 2.75) is 0 Å². The minimum Gasteiger partial charge on any atom is -0.497 e. The number of hydrogen-bond donors (Lipinski definition) is 0. The molecule has 0 saturated carbocycles. The van der Waals surface area contributed by atoms with Crippen LogP contribution in [0.25, 0.3) is 0 Å². The molecule has 0 aromatic carbocycles. The molecule has 0 aromatic heterocycles. The summed E-state index contributed by atoms with van der Waals surface area (Å²) in [7, 11) is 1.63. The van der Waals surface area contributed by atoms with Crippen LogP contribution in [0.15, 0.2) is 34.0 Å². The predicted molar refractivity (Wildman–Crippen MR) is 56.2 cm³/mol. The van der Waals surface area contributed by atoms with Gasteiger partial charge in [0.05, 0.1) is 18.7 Å². The van der Waals surface area contributed by atoms with Gasteiger partial charge >= 0.3 is 0 Å². The number of aliphatic imine (C=N–C) groups is 2. The molecule has 66 valence electrons. The van der Waals surface area contributed by atoms with Gasteiger partial charge in [-0.1, -0.05) is 18.3 Å². The van der Waals surface area contributed by atoms with Gasteiger partial charge in [0.2, 0.25) is 0 Å². The average Bonchev–Trinajstić information content (AvgIpc) is 2.18. The number of hydrogen-bond acceptors (Lipinski definition) is 3. The van der Waals surface area contributed by atoms with Crippen LogP contribution in [0.3, 0.4) is 0 Å². The molecule has 0 fully saturated rings. The van der Waals surface area contributed by atoms with E-state index in [4.69, 9.17) is 17.0 Å². The lowest BCUT2D eigenvalue weighted by atomic mass is 9.97. The molecule has 1 aliphatic heterocycles. The van der Waals surface area contributed by atoms with Crippen LogP contribution < -0.4 is 0 Å². The monoisotopic (exact) mass is 192 g/mol. The van der Waals surface area contributed by atoms with Crippen molar-refractivity contribution in [2.24, 2.45) is 15.9 Å². The van der Waals surface area contributed by atoms with Crippen molar-refractivity contribution in [3.8, 4) is 0 Å². The van der Waals surface area contributed by atoms with Gasteiger partial charge in [0.1, 0.15) is 17.1 Å². The quantitative estimate of drug-likeness (QED) is 0.590. The molecule has 0 bridgehead atoms. The van der Waals surface area contributed by atoms with Crippen LogP contribution >= 0.6 is 12.2 Å². The van der Waals surface area contributed by atoms with Gasteiger partial charge in [0, 0.05) is 6.08 Å². The second kappa shape index (κ2) is 3.22. The predicted octanol–water partition coefficient (Wildman–Crippen LogP) is 1.51. The van der Waals surface area contributed by atoms with Gasteiger partial charge in [0.15, 0.2) is 0 Å². The molecule has 0 spiro atoms. The third kappa shape index (κ3) is 1.45. The normalized spacial score (nSPS) is 25.0. The van der Waals surface area contributed by atoms with E-state index >= 15 is 0 Å². The summed E-state index contributed by atoms with van der Waals surface area (Å²) in [5.74, 6) is 0.854. The molecular formula is C9H8N2OS. The van der Waals surface area contributed by atoms with E-state index in [2.05, 4.69) is 9.98 Å². The second-order valence-corrected chi connectivity index (χ2v) is 3.14. The molecule has 1 unspecified atom stereocenters. The van der Waals surface area contributed by atoms with Crippen molar-refractivity contribution in [1.29, 1.82) is 0 Å². The number of thiocarbonyl (C=S) groups is 1. The van der Waals surface area contributed by atoms with Gasteiger partial charge in [-0.2, -0.15) is 0 Å². The zero-order chi connectivity index (χ0) is 9.26. The van der Waals surface area contributed by atoms with Crippen LogP contribution in [-0.2, 0) is 4.74 Å². The van der Waals surface area contributed by atoms with Crippen molar-refractivity contribution in [1.82, 2.24) is 0 Å². The maximum atomic E-state index is 5.08. The van der Waals surface area contributed by atoms with Gasteiger partial charge in [0.25, 0.3) is 0 Å². The third-order valence-electron chi connectivity index (χ3n) is 1.96. The zero-order valence-corrected chi connectivity index (χ0v) is 7.91.